The van der Waals surface area contributed by atoms with Crippen molar-refractivity contribution >= 4 is 27.5 Å². The van der Waals surface area contributed by atoms with Gasteiger partial charge in [0.25, 0.3) is 5.91 Å². The Labute approximate surface area is 132 Å². The molecule has 0 fully saturated rings. The number of anilines is 1. The average molecular weight is 349 g/mol. The summed E-state index contributed by atoms with van der Waals surface area (Å²) >= 11 is 3.33. The standard InChI is InChI=1S/C16H17BrN2O2/c1-10(11-3-5-15(21-2)6-4-11)19-16(20)12-7-13(17)9-14(18)8-12/h3-10H,18H2,1-2H3,(H,19,20). The Morgan fingerprint density at radius 3 is 2.48 bits per heavy atom. The first-order chi connectivity index (χ1) is 9.99. The van der Waals surface area contributed by atoms with E-state index >= 15 is 0 Å². The van der Waals surface area contributed by atoms with E-state index in [9.17, 15) is 4.79 Å². The molecule has 0 aromatic heterocycles. The molecule has 0 heterocycles. The van der Waals surface area contributed by atoms with E-state index in [2.05, 4.69) is 21.2 Å². The van der Waals surface area contributed by atoms with Crippen LogP contribution >= 0.6 is 15.9 Å². The molecule has 0 bridgehead atoms. The molecule has 0 aliphatic carbocycles. The van der Waals surface area contributed by atoms with E-state index in [0.717, 1.165) is 15.8 Å². The second-order valence-corrected chi connectivity index (χ2v) is 5.66. The molecular formula is C16H17BrN2O2. The average Bonchev–Trinajstić information content (AvgIpc) is 2.46. The lowest BCUT2D eigenvalue weighted by Crippen LogP contribution is -2.26. The van der Waals surface area contributed by atoms with Crippen molar-refractivity contribution in [1.29, 1.82) is 0 Å². The summed E-state index contributed by atoms with van der Waals surface area (Å²) in [6.07, 6.45) is 0. The number of nitrogens with one attached hydrogen (secondary N) is 1. The van der Waals surface area contributed by atoms with E-state index in [4.69, 9.17) is 10.5 Å². The van der Waals surface area contributed by atoms with Crippen molar-refractivity contribution < 1.29 is 9.53 Å². The lowest BCUT2D eigenvalue weighted by Gasteiger charge is -2.15. The van der Waals surface area contributed by atoms with Crippen molar-refractivity contribution in [1.82, 2.24) is 5.32 Å². The molecule has 2 aromatic carbocycles. The third kappa shape index (κ3) is 3.98. The molecule has 3 N–H and O–H groups in total. The van der Waals surface area contributed by atoms with Crippen molar-refractivity contribution in [3.05, 3.63) is 58.1 Å². The van der Waals surface area contributed by atoms with E-state index < -0.39 is 0 Å². The number of benzene rings is 2. The summed E-state index contributed by atoms with van der Waals surface area (Å²) in [5, 5.41) is 2.95. The Hall–Kier alpha value is -2.01. The highest BCUT2D eigenvalue weighted by Crippen LogP contribution is 2.20. The van der Waals surface area contributed by atoms with Gasteiger partial charge in [0.15, 0.2) is 0 Å². The van der Waals surface area contributed by atoms with E-state index in [1.807, 2.05) is 31.2 Å². The number of nitrogen functional groups attached to an aromatic ring is 1. The van der Waals surface area contributed by atoms with Gasteiger partial charge in [-0.15, -0.1) is 0 Å². The van der Waals surface area contributed by atoms with Gasteiger partial charge in [0, 0.05) is 15.7 Å². The zero-order chi connectivity index (χ0) is 15.4. The van der Waals surface area contributed by atoms with Crippen LogP contribution in [-0.4, -0.2) is 13.0 Å². The summed E-state index contributed by atoms with van der Waals surface area (Å²) in [7, 11) is 1.62. The zero-order valence-corrected chi connectivity index (χ0v) is 13.5. The minimum absolute atomic E-state index is 0.108. The van der Waals surface area contributed by atoms with Crippen LogP contribution in [0.3, 0.4) is 0 Å². The van der Waals surface area contributed by atoms with Crippen molar-refractivity contribution in [3.63, 3.8) is 0 Å². The Bertz CT molecular complexity index is 621. The van der Waals surface area contributed by atoms with Crippen LogP contribution in [0.4, 0.5) is 5.69 Å². The number of amides is 1. The SMILES string of the molecule is COc1ccc(C(C)NC(=O)c2cc(N)cc(Br)c2)cc1. The molecular weight excluding hydrogens is 332 g/mol. The van der Waals surface area contributed by atoms with Crippen molar-refractivity contribution in [2.24, 2.45) is 0 Å². The molecule has 0 spiro atoms. The maximum atomic E-state index is 12.2. The molecule has 2 rings (SSSR count). The monoisotopic (exact) mass is 348 g/mol. The number of hydrogen-bond donors (Lipinski definition) is 2. The fourth-order valence-corrected chi connectivity index (χ4v) is 2.51. The quantitative estimate of drug-likeness (QED) is 0.830. The molecule has 1 unspecified atom stereocenters. The molecule has 5 heteroatoms. The Morgan fingerprint density at radius 1 is 1.24 bits per heavy atom. The van der Waals surface area contributed by atoms with E-state index in [0.29, 0.717) is 11.3 Å². The van der Waals surface area contributed by atoms with Crippen LogP contribution in [-0.2, 0) is 0 Å². The number of carbonyl (C=O) groups is 1. The molecule has 0 radical (unpaired) electrons. The second kappa shape index (κ2) is 6.63. The van der Waals surface area contributed by atoms with Gasteiger partial charge in [0.2, 0.25) is 0 Å². The number of halogens is 1. The highest BCUT2D eigenvalue weighted by atomic mass is 79.9. The van der Waals surface area contributed by atoms with Gasteiger partial charge in [-0.25, -0.2) is 0 Å². The van der Waals surface area contributed by atoms with Crippen LogP contribution in [0.5, 0.6) is 5.75 Å². The maximum absolute atomic E-state index is 12.2. The summed E-state index contributed by atoms with van der Waals surface area (Å²) < 4.78 is 5.90. The summed E-state index contributed by atoms with van der Waals surface area (Å²) in [6.45, 7) is 1.93. The van der Waals surface area contributed by atoms with Crippen LogP contribution in [0.15, 0.2) is 46.9 Å². The summed E-state index contributed by atoms with van der Waals surface area (Å²) in [5.41, 5.74) is 7.83. The van der Waals surface area contributed by atoms with Gasteiger partial charge in [-0.1, -0.05) is 28.1 Å². The molecule has 0 saturated carbocycles. The number of nitrogens with two attached hydrogens (primary N) is 1. The number of ether oxygens (including phenoxy) is 1. The first kappa shape index (κ1) is 15.4. The minimum Gasteiger partial charge on any atom is -0.497 e. The molecule has 1 amide bonds. The van der Waals surface area contributed by atoms with Gasteiger partial charge in [-0.05, 0) is 42.8 Å². The Balaban J connectivity index is 2.10. The molecule has 4 nitrogen and oxygen atoms in total. The number of hydrogen-bond acceptors (Lipinski definition) is 3. The molecule has 21 heavy (non-hydrogen) atoms. The molecule has 1 atom stereocenters. The molecule has 110 valence electrons. The third-order valence-electron chi connectivity index (χ3n) is 3.15. The predicted octanol–water partition coefficient (Wildman–Crippen LogP) is 3.53. The van der Waals surface area contributed by atoms with E-state index in [-0.39, 0.29) is 11.9 Å². The first-order valence-electron chi connectivity index (χ1n) is 6.50. The smallest absolute Gasteiger partial charge is 0.251 e. The van der Waals surface area contributed by atoms with Crippen molar-refractivity contribution in [3.8, 4) is 5.75 Å². The molecule has 0 saturated heterocycles. The first-order valence-corrected chi connectivity index (χ1v) is 7.30. The number of methoxy groups -OCH3 is 1. The Morgan fingerprint density at radius 2 is 1.90 bits per heavy atom. The summed E-state index contributed by atoms with van der Waals surface area (Å²) in [5.74, 6) is 0.628. The topological polar surface area (TPSA) is 64.3 Å². The fraction of sp³-hybridized carbons (Fsp3) is 0.188. The Kier molecular flexibility index (Phi) is 4.85. The van der Waals surface area contributed by atoms with E-state index in [1.165, 1.54) is 0 Å². The van der Waals surface area contributed by atoms with Crippen LogP contribution in [0.1, 0.15) is 28.9 Å². The van der Waals surface area contributed by atoms with Gasteiger partial charge in [0.05, 0.1) is 13.2 Å². The second-order valence-electron chi connectivity index (χ2n) is 4.74. The molecule has 0 aliphatic heterocycles. The maximum Gasteiger partial charge on any atom is 0.251 e. The third-order valence-corrected chi connectivity index (χ3v) is 3.60. The van der Waals surface area contributed by atoms with Crippen LogP contribution in [0.2, 0.25) is 0 Å². The summed E-state index contributed by atoms with van der Waals surface area (Å²) in [4.78, 5) is 12.2. The van der Waals surface area contributed by atoms with Gasteiger partial charge in [-0.2, -0.15) is 0 Å². The van der Waals surface area contributed by atoms with Crippen molar-refractivity contribution in [2.75, 3.05) is 12.8 Å². The fourth-order valence-electron chi connectivity index (χ4n) is 2.00. The minimum atomic E-state index is -0.161. The lowest BCUT2D eigenvalue weighted by molar-refractivity contribution is 0.0940. The largest absolute Gasteiger partial charge is 0.497 e. The molecule has 2 aromatic rings. The van der Waals surface area contributed by atoms with Gasteiger partial charge < -0.3 is 15.8 Å². The van der Waals surface area contributed by atoms with Crippen LogP contribution < -0.4 is 15.8 Å². The summed E-state index contributed by atoms with van der Waals surface area (Å²) in [6, 6.07) is 12.6. The highest BCUT2D eigenvalue weighted by Gasteiger charge is 2.12. The van der Waals surface area contributed by atoms with Gasteiger partial charge in [0.1, 0.15) is 5.75 Å². The number of carbonyl (C=O) groups excluding carboxylic acids is 1. The van der Waals surface area contributed by atoms with E-state index in [1.54, 1.807) is 25.3 Å². The van der Waals surface area contributed by atoms with Gasteiger partial charge >= 0.3 is 0 Å². The van der Waals surface area contributed by atoms with Crippen LogP contribution in [0, 0.1) is 0 Å². The number of rotatable bonds is 4. The highest BCUT2D eigenvalue weighted by molar-refractivity contribution is 9.10. The van der Waals surface area contributed by atoms with Gasteiger partial charge in [-0.3, -0.25) is 4.79 Å². The lowest BCUT2D eigenvalue weighted by atomic mass is 10.1. The van der Waals surface area contributed by atoms with Crippen LogP contribution in [0.25, 0.3) is 0 Å². The van der Waals surface area contributed by atoms with Crippen molar-refractivity contribution in [2.45, 2.75) is 13.0 Å². The molecule has 0 aliphatic rings. The normalized spacial score (nSPS) is 11.8. The predicted molar refractivity (Wildman–Crippen MR) is 87.4 cm³/mol. The zero-order valence-electron chi connectivity index (χ0n) is 11.9.